The second-order valence-corrected chi connectivity index (χ2v) is 5.05. The van der Waals surface area contributed by atoms with E-state index in [-0.39, 0.29) is 12.1 Å². The van der Waals surface area contributed by atoms with Crippen molar-refractivity contribution in [3.8, 4) is 0 Å². The Morgan fingerprint density at radius 2 is 1.94 bits per heavy atom. The third-order valence-corrected chi connectivity index (χ3v) is 2.74. The van der Waals surface area contributed by atoms with E-state index in [4.69, 9.17) is 9.47 Å². The zero-order chi connectivity index (χ0) is 13.5. The highest BCUT2D eigenvalue weighted by Crippen LogP contribution is 2.12. The normalized spacial score (nSPS) is 16.6. The molecule has 0 radical (unpaired) electrons. The maximum absolute atomic E-state index is 11.8. The van der Waals surface area contributed by atoms with E-state index in [9.17, 15) is 4.79 Å². The van der Waals surface area contributed by atoms with Crippen molar-refractivity contribution in [1.82, 2.24) is 5.32 Å². The van der Waals surface area contributed by atoms with Gasteiger partial charge in [0.2, 0.25) is 0 Å². The lowest BCUT2D eigenvalue weighted by Gasteiger charge is -2.28. The maximum Gasteiger partial charge on any atom is 0.328 e. The third kappa shape index (κ3) is 6.03. The van der Waals surface area contributed by atoms with Crippen molar-refractivity contribution in [3.63, 3.8) is 0 Å². The minimum Gasteiger partial charge on any atom is -0.465 e. The highest BCUT2D eigenvalue weighted by atomic mass is 16.5. The number of hydrogen-bond acceptors (Lipinski definition) is 4. The van der Waals surface area contributed by atoms with Gasteiger partial charge in [0.25, 0.3) is 0 Å². The fourth-order valence-corrected chi connectivity index (χ4v) is 1.56. The number of carbonyl (C=O) groups is 1. The molecule has 0 heterocycles. The summed E-state index contributed by atoms with van der Waals surface area (Å²) in [4.78, 5) is 11.8. The van der Waals surface area contributed by atoms with Gasteiger partial charge in [0.05, 0.1) is 19.3 Å². The fourth-order valence-electron chi connectivity index (χ4n) is 1.56. The molecule has 4 heteroatoms. The third-order valence-electron chi connectivity index (χ3n) is 2.74. The van der Waals surface area contributed by atoms with Gasteiger partial charge in [-0.15, -0.1) is 0 Å². The average Bonchev–Trinajstić information content (AvgIpc) is 2.25. The van der Waals surface area contributed by atoms with Crippen LogP contribution in [0.4, 0.5) is 0 Å². The molecule has 0 amide bonds. The summed E-state index contributed by atoms with van der Waals surface area (Å²) in [6.45, 7) is 10.7. The predicted molar refractivity (Wildman–Crippen MR) is 69.0 cm³/mol. The highest BCUT2D eigenvalue weighted by molar-refractivity contribution is 5.80. The van der Waals surface area contributed by atoms with Crippen LogP contribution in [0.1, 0.15) is 41.0 Å². The molecule has 0 fully saturated rings. The molecule has 2 unspecified atom stereocenters. The topological polar surface area (TPSA) is 47.6 Å². The first-order valence-corrected chi connectivity index (χ1v) is 6.33. The predicted octanol–water partition coefficient (Wildman–Crippen LogP) is 1.98. The second kappa shape index (κ2) is 7.67. The number of esters is 1. The van der Waals surface area contributed by atoms with Gasteiger partial charge < -0.3 is 14.8 Å². The Hall–Kier alpha value is -0.610. The molecule has 102 valence electrons. The van der Waals surface area contributed by atoms with E-state index >= 15 is 0 Å². The molecule has 1 N–H and O–H groups in total. The van der Waals surface area contributed by atoms with E-state index in [1.807, 2.05) is 6.92 Å². The Bertz CT molecular complexity index is 231. The summed E-state index contributed by atoms with van der Waals surface area (Å²) >= 11 is 0. The van der Waals surface area contributed by atoms with Gasteiger partial charge in [-0.05, 0) is 40.2 Å². The average molecular weight is 245 g/mol. The van der Waals surface area contributed by atoms with Crippen molar-refractivity contribution >= 4 is 5.97 Å². The first kappa shape index (κ1) is 16.4. The summed E-state index contributed by atoms with van der Waals surface area (Å²) in [5.41, 5.74) is -0.763. The van der Waals surface area contributed by atoms with Gasteiger partial charge in [0.15, 0.2) is 0 Å². The van der Waals surface area contributed by atoms with E-state index in [0.29, 0.717) is 19.1 Å². The fraction of sp³-hybridized carbons (Fsp3) is 0.923. The van der Waals surface area contributed by atoms with Crippen LogP contribution < -0.4 is 5.32 Å². The maximum atomic E-state index is 11.8. The van der Waals surface area contributed by atoms with E-state index in [2.05, 4.69) is 19.2 Å². The Labute approximate surface area is 105 Å². The van der Waals surface area contributed by atoms with Crippen molar-refractivity contribution in [2.75, 3.05) is 20.3 Å². The summed E-state index contributed by atoms with van der Waals surface area (Å²) in [6, 6.07) is 0. The van der Waals surface area contributed by atoms with Gasteiger partial charge in [0.1, 0.15) is 5.54 Å². The van der Waals surface area contributed by atoms with Crippen molar-refractivity contribution in [2.45, 2.75) is 52.7 Å². The molecule has 0 rings (SSSR count). The van der Waals surface area contributed by atoms with E-state index in [1.54, 1.807) is 20.9 Å². The van der Waals surface area contributed by atoms with Gasteiger partial charge in [-0.2, -0.15) is 0 Å². The number of nitrogens with one attached hydrogen (secondary N) is 1. The van der Waals surface area contributed by atoms with E-state index in [0.717, 1.165) is 6.42 Å². The van der Waals surface area contributed by atoms with Crippen LogP contribution in [0.2, 0.25) is 0 Å². The molecule has 17 heavy (non-hydrogen) atoms. The summed E-state index contributed by atoms with van der Waals surface area (Å²) < 4.78 is 10.7. The van der Waals surface area contributed by atoms with E-state index < -0.39 is 5.54 Å². The van der Waals surface area contributed by atoms with Crippen LogP contribution in [-0.4, -0.2) is 37.9 Å². The zero-order valence-electron chi connectivity index (χ0n) is 12.0. The SMILES string of the molecule is CCOC(=O)C(C)(COC(C)CC(C)C)NC. The van der Waals surface area contributed by atoms with Crippen LogP contribution in [0.3, 0.4) is 0 Å². The molecule has 0 saturated carbocycles. The van der Waals surface area contributed by atoms with Crippen LogP contribution >= 0.6 is 0 Å². The molecule has 4 nitrogen and oxygen atoms in total. The summed E-state index contributed by atoms with van der Waals surface area (Å²) in [7, 11) is 1.74. The monoisotopic (exact) mass is 245 g/mol. The Morgan fingerprint density at radius 3 is 2.35 bits per heavy atom. The smallest absolute Gasteiger partial charge is 0.328 e. The van der Waals surface area contributed by atoms with Crippen LogP contribution in [0.15, 0.2) is 0 Å². The summed E-state index contributed by atoms with van der Waals surface area (Å²) in [6.07, 6.45) is 1.14. The number of likely N-dealkylation sites (N-methyl/N-ethyl adjacent to an activating group) is 1. The molecule has 0 saturated heterocycles. The summed E-state index contributed by atoms with van der Waals surface area (Å²) in [5, 5.41) is 2.97. The first-order chi connectivity index (χ1) is 7.85. The minimum absolute atomic E-state index is 0.150. The molecule has 0 spiro atoms. The molecule has 0 aromatic rings. The molecule has 0 aromatic heterocycles. The Balaban J connectivity index is 4.24. The van der Waals surface area contributed by atoms with Gasteiger partial charge in [0, 0.05) is 0 Å². The molecule has 0 aliphatic heterocycles. The lowest BCUT2D eigenvalue weighted by molar-refractivity contribution is -0.154. The molecule has 0 aliphatic carbocycles. The van der Waals surface area contributed by atoms with Crippen molar-refractivity contribution in [2.24, 2.45) is 5.92 Å². The zero-order valence-corrected chi connectivity index (χ0v) is 12.0. The molecule has 0 bridgehead atoms. The Kier molecular flexibility index (Phi) is 7.39. The minimum atomic E-state index is -0.763. The second-order valence-electron chi connectivity index (χ2n) is 5.05. The van der Waals surface area contributed by atoms with Crippen LogP contribution in [0, 0.1) is 5.92 Å². The molecule has 2 atom stereocenters. The lowest BCUT2D eigenvalue weighted by atomic mass is 10.0. The van der Waals surface area contributed by atoms with Gasteiger partial charge in [-0.25, -0.2) is 4.79 Å². The first-order valence-electron chi connectivity index (χ1n) is 6.33. The molecular weight excluding hydrogens is 218 g/mol. The van der Waals surface area contributed by atoms with Crippen LogP contribution in [0.25, 0.3) is 0 Å². The molecule has 0 aromatic carbocycles. The lowest BCUT2D eigenvalue weighted by Crippen LogP contribution is -2.52. The van der Waals surface area contributed by atoms with Crippen LogP contribution in [-0.2, 0) is 14.3 Å². The molecule has 0 aliphatic rings. The van der Waals surface area contributed by atoms with Crippen molar-refractivity contribution in [3.05, 3.63) is 0 Å². The number of carbonyl (C=O) groups excluding carboxylic acids is 1. The largest absolute Gasteiger partial charge is 0.465 e. The number of ether oxygens (including phenoxy) is 2. The molecular formula is C13H27NO3. The number of rotatable bonds is 8. The van der Waals surface area contributed by atoms with Crippen molar-refractivity contribution < 1.29 is 14.3 Å². The van der Waals surface area contributed by atoms with Gasteiger partial charge in [-0.3, -0.25) is 0 Å². The van der Waals surface area contributed by atoms with Gasteiger partial charge in [-0.1, -0.05) is 13.8 Å². The van der Waals surface area contributed by atoms with Gasteiger partial charge >= 0.3 is 5.97 Å². The quantitative estimate of drug-likeness (QED) is 0.664. The Morgan fingerprint density at radius 1 is 1.35 bits per heavy atom. The highest BCUT2D eigenvalue weighted by Gasteiger charge is 2.33. The standard InChI is InChI=1S/C13H27NO3/c1-7-16-12(15)13(5,14-6)9-17-11(4)8-10(2)3/h10-11,14H,7-9H2,1-6H3. The van der Waals surface area contributed by atoms with Crippen LogP contribution in [0.5, 0.6) is 0 Å². The van der Waals surface area contributed by atoms with Crippen molar-refractivity contribution in [1.29, 1.82) is 0 Å². The van der Waals surface area contributed by atoms with E-state index in [1.165, 1.54) is 0 Å². The number of hydrogen-bond donors (Lipinski definition) is 1. The summed E-state index contributed by atoms with van der Waals surface area (Å²) in [5.74, 6) is 0.327.